The molecular formula is C15H23N3O3S. The van der Waals surface area contributed by atoms with Gasteiger partial charge in [-0.05, 0) is 19.3 Å². The highest BCUT2D eigenvalue weighted by Gasteiger charge is 2.33. The number of hydrogen-bond donors (Lipinski definition) is 1. The number of amides is 1. The Morgan fingerprint density at radius 3 is 2.82 bits per heavy atom. The number of piperazine rings is 1. The molecule has 0 bridgehead atoms. The van der Waals surface area contributed by atoms with E-state index in [4.69, 9.17) is 4.74 Å². The molecule has 22 heavy (non-hydrogen) atoms. The minimum Gasteiger partial charge on any atom is -0.391 e. The minimum atomic E-state index is -0.197. The molecular weight excluding hydrogens is 302 g/mol. The van der Waals surface area contributed by atoms with Gasteiger partial charge in [0.2, 0.25) is 0 Å². The zero-order valence-corrected chi connectivity index (χ0v) is 13.7. The molecule has 1 saturated heterocycles. The summed E-state index contributed by atoms with van der Waals surface area (Å²) in [5.74, 6) is 0.00484. The number of aromatic nitrogens is 1. The fraction of sp³-hybridized carbons (Fsp3) is 0.733. The van der Waals surface area contributed by atoms with Crippen molar-refractivity contribution in [3.05, 3.63) is 16.1 Å². The molecule has 2 atom stereocenters. The summed E-state index contributed by atoms with van der Waals surface area (Å²) in [6.45, 7) is 3.54. The van der Waals surface area contributed by atoms with Crippen molar-refractivity contribution in [3.8, 4) is 0 Å². The van der Waals surface area contributed by atoms with Crippen LogP contribution < -0.4 is 0 Å². The number of methoxy groups -OCH3 is 1. The lowest BCUT2D eigenvalue weighted by Gasteiger charge is -2.38. The highest BCUT2D eigenvalue weighted by atomic mass is 32.1. The number of aliphatic hydroxyl groups excluding tert-OH is 1. The Morgan fingerprint density at radius 1 is 1.41 bits per heavy atom. The number of nitrogens with zero attached hydrogens (tertiary/aromatic N) is 3. The van der Waals surface area contributed by atoms with Crippen molar-refractivity contribution < 1.29 is 14.6 Å². The maximum atomic E-state index is 12.5. The molecule has 6 nitrogen and oxygen atoms in total. The molecule has 0 aromatic carbocycles. The molecule has 7 heteroatoms. The van der Waals surface area contributed by atoms with E-state index in [1.807, 2.05) is 10.3 Å². The molecule has 2 heterocycles. The van der Waals surface area contributed by atoms with Crippen molar-refractivity contribution in [2.24, 2.45) is 0 Å². The maximum Gasteiger partial charge on any atom is 0.273 e. The molecule has 0 radical (unpaired) electrons. The standard InChI is InChI=1S/C15H23N3O3S/c1-21-9-14-16-11(10-22-14)15(20)18-7-5-17(6-8-18)12-3-2-4-13(12)19/h10,12-13,19H,2-9H2,1H3/t12-,13+/m0/s1. The Hall–Kier alpha value is -1.02. The summed E-state index contributed by atoms with van der Waals surface area (Å²) in [5.41, 5.74) is 0.520. The van der Waals surface area contributed by atoms with Crippen molar-refractivity contribution in [1.29, 1.82) is 0 Å². The molecule has 1 amide bonds. The van der Waals surface area contributed by atoms with Gasteiger partial charge in [0.1, 0.15) is 10.7 Å². The first-order chi connectivity index (χ1) is 10.7. The summed E-state index contributed by atoms with van der Waals surface area (Å²) in [4.78, 5) is 21.0. The van der Waals surface area contributed by atoms with Gasteiger partial charge in [-0.2, -0.15) is 0 Å². The Morgan fingerprint density at radius 2 is 2.18 bits per heavy atom. The first kappa shape index (κ1) is 15.9. The van der Waals surface area contributed by atoms with Crippen LogP contribution in [0.25, 0.3) is 0 Å². The lowest BCUT2D eigenvalue weighted by Crippen LogP contribution is -2.53. The van der Waals surface area contributed by atoms with Crippen LogP contribution in [0, 0.1) is 0 Å². The average molecular weight is 325 g/mol. The van der Waals surface area contributed by atoms with E-state index in [0.717, 1.165) is 37.4 Å². The van der Waals surface area contributed by atoms with Crippen LogP contribution in [-0.2, 0) is 11.3 Å². The van der Waals surface area contributed by atoms with Crippen molar-refractivity contribution in [1.82, 2.24) is 14.8 Å². The number of carbonyl (C=O) groups is 1. The maximum absolute atomic E-state index is 12.5. The zero-order chi connectivity index (χ0) is 15.5. The highest BCUT2D eigenvalue weighted by Crippen LogP contribution is 2.25. The predicted molar refractivity (Wildman–Crippen MR) is 83.9 cm³/mol. The van der Waals surface area contributed by atoms with Gasteiger partial charge in [-0.15, -0.1) is 11.3 Å². The molecule has 122 valence electrons. The van der Waals surface area contributed by atoms with Gasteiger partial charge in [-0.25, -0.2) is 4.98 Å². The Labute approximate surface area is 134 Å². The molecule has 3 rings (SSSR count). The van der Waals surface area contributed by atoms with E-state index in [2.05, 4.69) is 9.88 Å². The third-order valence-electron chi connectivity index (χ3n) is 4.55. The molecule has 0 unspecified atom stereocenters. The molecule has 1 aliphatic heterocycles. The van der Waals surface area contributed by atoms with E-state index in [9.17, 15) is 9.90 Å². The van der Waals surface area contributed by atoms with Gasteiger partial charge in [-0.3, -0.25) is 9.69 Å². The van der Waals surface area contributed by atoms with Crippen molar-refractivity contribution in [2.45, 2.75) is 38.0 Å². The summed E-state index contributed by atoms with van der Waals surface area (Å²) in [7, 11) is 1.62. The first-order valence-electron chi connectivity index (χ1n) is 7.84. The third kappa shape index (κ3) is 3.32. The van der Waals surface area contributed by atoms with Crippen LogP contribution in [0.2, 0.25) is 0 Å². The molecule has 1 saturated carbocycles. The van der Waals surface area contributed by atoms with Crippen LogP contribution in [0.5, 0.6) is 0 Å². The molecule has 1 aromatic rings. The molecule has 1 aliphatic carbocycles. The molecule has 2 fully saturated rings. The zero-order valence-electron chi connectivity index (χ0n) is 12.9. The second kappa shape index (κ2) is 7.04. The second-order valence-electron chi connectivity index (χ2n) is 5.95. The fourth-order valence-electron chi connectivity index (χ4n) is 3.36. The van der Waals surface area contributed by atoms with E-state index in [0.29, 0.717) is 25.4 Å². The SMILES string of the molecule is COCc1nc(C(=O)N2CCN([C@H]3CCC[C@H]3O)CC2)cs1. The topological polar surface area (TPSA) is 65.9 Å². The van der Waals surface area contributed by atoms with Crippen molar-refractivity contribution >= 4 is 17.2 Å². The first-order valence-corrected chi connectivity index (χ1v) is 8.71. The van der Waals surface area contributed by atoms with Gasteiger partial charge in [0.25, 0.3) is 5.91 Å². The largest absolute Gasteiger partial charge is 0.391 e. The summed E-state index contributed by atoms with van der Waals surface area (Å²) in [6, 6.07) is 0.282. The second-order valence-corrected chi connectivity index (χ2v) is 6.90. The minimum absolute atomic E-state index is 0.00484. The van der Waals surface area contributed by atoms with Crippen LogP contribution in [0.3, 0.4) is 0 Å². The summed E-state index contributed by atoms with van der Waals surface area (Å²) in [6.07, 6.45) is 2.89. The summed E-state index contributed by atoms with van der Waals surface area (Å²) < 4.78 is 5.04. The lowest BCUT2D eigenvalue weighted by molar-refractivity contribution is 0.0313. The fourth-order valence-corrected chi connectivity index (χ4v) is 4.10. The van der Waals surface area contributed by atoms with Crippen molar-refractivity contribution in [3.63, 3.8) is 0 Å². The smallest absolute Gasteiger partial charge is 0.273 e. The monoisotopic (exact) mass is 325 g/mol. The summed E-state index contributed by atoms with van der Waals surface area (Å²) >= 11 is 1.46. The van der Waals surface area contributed by atoms with Gasteiger partial charge >= 0.3 is 0 Å². The van der Waals surface area contributed by atoms with Crippen LogP contribution in [0.15, 0.2) is 5.38 Å². The lowest BCUT2D eigenvalue weighted by atomic mass is 10.1. The predicted octanol–water partition coefficient (Wildman–Crippen LogP) is 0.961. The Bertz CT molecular complexity index is 514. The number of ether oxygens (including phenoxy) is 1. The van der Waals surface area contributed by atoms with Gasteiger partial charge in [0.05, 0.1) is 12.7 Å². The van der Waals surface area contributed by atoms with E-state index >= 15 is 0 Å². The van der Waals surface area contributed by atoms with E-state index in [1.54, 1.807) is 7.11 Å². The Kier molecular flexibility index (Phi) is 5.07. The molecule has 1 N–H and O–H groups in total. The number of hydrogen-bond acceptors (Lipinski definition) is 6. The number of rotatable bonds is 4. The van der Waals surface area contributed by atoms with Gasteiger partial charge in [0.15, 0.2) is 0 Å². The van der Waals surface area contributed by atoms with Crippen LogP contribution in [-0.4, -0.2) is 71.2 Å². The number of carbonyl (C=O) groups excluding carboxylic acids is 1. The number of aliphatic hydroxyl groups is 1. The quantitative estimate of drug-likeness (QED) is 0.893. The van der Waals surface area contributed by atoms with Crippen LogP contribution in [0.1, 0.15) is 34.8 Å². The average Bonchev–Trinajstić information content (AvgIpc) is 3.16. The third-order valence-corrected chi connectivity index (χ3v) is 5.38. The van der Waals surface area contributed by atoms with E-state index in [-0.39, 0.29) is 18.1 Å². The van der Waals surface area contributed by atoms with E-state index < -0.39 is 0 Å². The van der Waals surface area contributed by atoms with Gasteiger partial charge in [-0.1, -0.05) is 0 Å². The Balaban J connectivity index is 1.55. The van der Waals surface area contributed by atoms with Crippen molar-refractivity contribution in [2.75, 3.05) is 33.3 Å². The molecule has 0 spiro atoms. The van der Waals surface area contributed by atoms with Gasteiger partial charge in [0, 0.05) is 44.7 Å². The van der Waals surface area contributed by atoms with Crippen LogP contribution in [0.4, 0.5) is 0 Å². The normalized spacial score (nSPS) is 26.5. The number of thiazole rings is 1. The highest BCUT2D eigenvalue weighted by molar-refractivity contribution is 7.09. The van der Waals surface area contributed by atoms with E-state index in [1.165, 1.54) is 11.3 Å². The van der Waals surface area contributed by atoms with Crippen LogP contribution >= 0.6 is 11.3 Å². The summed E-state index contributed by atoms with van der Waals surface area (Å²) in [5, 5.41) is 12.6. The van der Waals surface area contributed by atoms with Gasteiger partial charge < -0.3 is 14.7 Å². The molecule has 1 aromatic heterocycles. The molecule has 2 aliphatic rings.